The molecule has 1 saturated heterocycles. The number of sulfonamides is 1. The van der Waals surface area contributed by atoms with Crippen LogP contribution in [0.2, 0.25) is 5.02 Å². The average Bonchev–Trinajstić information content (AvgIpc) is 3.10. The summed E-state index contributed by atoms with van der Waals surface area (Å²) in [7, 11) is -3.57. The number of rotatable bonds is 4. The number of anilines is 1. The van der Waals surface area contributed by atoms with E-state index in [1.54, 1.807) is 43.3 Å². The van der Waals surface area contributed by atoms with Gasteiger partial charge in [-0.3, -0.25) is 4.79 Å². The van der Waals surface area contributed by atoms with Crippen LogP contribution in [0.4, 0.5) is 5.69 Å². The van der Waals surface area contributed by atoms with Gasteiger partial charge in [0.15, 0.2) is 0 Å². The first-order valence-electron chi connectivity index (χ1n) is 8.05. The van der Waals surface area contributed by atoms with Crippen LogP contribution in [0.3, 0.4) is 0 Å². The molecule has 1 fully saturated rings. The molecular formula is C18H19ClN2O3S. The van der Waals surface area contributed by atoms with E-state index in [-0.39, 0.29) is 10.8 Å². The minimum absolute atomic E-state index is 0.188. The maximum Gasteiger partial charge on any atom is 0.255 e. The molecule has 0 atom stereocenters. The van der Waals surface area contributed by atoms with Gasteiger partial charge in [0.1, 0.15) is 0 Å². The summed E-state index contributed by atoms with van der Waals surface area (Å²) < 4.78 is 27.1. The molecule has 25 heavy (non-hydrogen) atoms. The fourth-order valence-electron chi connectivity index (χ4n) is 2.86. The Morgan fingerprint density at radius 2 is 1.84 bits per heavy atom. The lowest BCUT2D eigenvalue weighted by Gasteiger charge is -2.18. The third-order valence-corrected chi connectivity index (χ3v) is 6.49. The van der Waals surface area contributed by atoms with Crippen LogP contribution < -0.4 is 5.32 Å². The Hall–Kier alpha value is -1.89. The van der Waals surface area contributed by atoms with Gasteiger partial charge >= 0.3 is 0 Å². The van der Waals surface area contributed by atoms with Gasteiger partial charge in [-0.1, -0.05) is 23.7 Å². The van der Waals surface area contributed by atoms with Crippen molar-refractivity contribution in [2.75, 3.05) is 18.4 Å². The lowest BCUT2D eigenvalue weighted by atomic mass is 10.1. The van der Waals surface area contributed by atoms with Crippen molar-refractivity contribution >= 4 is 33.2 Å². The molecule has 1 amide bonds. The van der Waals surface area contributed by atoms with Gasteiger partial charge in [-0.2, -0.15) is 4.31 Å². The van der Waals surface area contributed by atoms with E-state index in [0.717, 1.165) is 12.8 Å². The molecule has 0 saturated carbocycles. The van der Waals surface area contributed by atoms with Crippen LogP contribution in [-0.4, -0.2) is 31.7 Å². The number of carbonyl (C=O) groups is 1. The lowest BCUT2D eigenvalue weighted by Crippen LogP contribution is -2.28. The molecular weight excluding hydrogens is 360 g/mol. The van der Waals surface area contributed by atoms with Gasteiger partial charge in [0.05, 0.1) is 4.90 Å². The maximum absolute atomic E-state index is 12.8. The average molecular weight is 379 g/mol. The van der Waals surface area contributed by atoms with Crippen LogP contribution in [0, 0.1) is 6.92 Å². The summed E-state index contributed by atoms with van der Waals surface area (Å²) in [5, 5.41) is 3.25. The van der Waals surface area contributed by atoms with Crippen LogP contribution in [0.15, 0.2) is 47.4 Å². The van der Waals surface area contributed by atoms with E-state index in [4.69, 9.17) is 11.6 Å². The van der Waals surface area contributed by atoms with Crippen molar-refractivity contribution in [2.24, 2.45) is 0 Å². The van der Waals surface area contributed by atoms with Crippen molar-refractivity contribution in [1.82, 2.24) is 4.31 Å². The Balaban J connectivity index is 1.89. The predicted molar refractivity (Wildman–Crippen MR) is 98.6 cm³/mol. The number of benzene rings is 2. The van der Waals surface area contributed by atoms with Crippen LogP contribution in [-0.2, 0) is 10.0 Å². The fraction of sp³-hybridized carbons (Fsp3) is 0.278. The quantitative estimate of drug-likeness (QED) is 0.882. The van der Waals surface area contributed by atoms with Crippen LogP contribution in [0.1, 0.15) is 28.8 Å². The summed E-state index contributed by atoms with van der Waals surface area (Å²) in [4.78, 5) is 12.7. The normalized spacial score (nSPS) is 15.3. The Morgan fingerprint density at radius 1 is 1.12 bits per heavy atom. The van der Waals surface area contributed by atoms with E-state index in [1.807, 2.05) is 0 Å². The molecule has 0 aromatic heterocycles. The summed E-state index contributed by atoms with van der Waals surface area (Å²) in [6.45, 7) is 2.79. The second-order valence-corrected chi connectivity index (χ2v) is 8.40. The second kappa shape index (κ2) is 7.15. The number of halogens is 1. The Morgan fingerprint density at radius 3 is 2.52 bits per heavy atom. The molecule has 0 aliphatic carbocycles. The SMILES string of the molecule is Cc1ccc(C(=O)Nc2cccc(Cl)c2)cc1S(=O)(=O)N1CCCC1. The van der Waals surface area contributed by atoms with Crippen LogP contribution >= 0.6 is 11.6 Å². The van der Waals surface area contributed by atoms with Crippen molar-refractivity contribution in [3.05, 3.63) is 58.6 Å². The van der Waals surface area contributed by atoms with E-state index in [1.165, 1.54) is 10.4 Å². The number of nitrogens with zero attached hydrogens (tertiary/aromatic N) is 1. The summed E-state index contributed by atoms with van der Waals surface area (Å²) >= 11 is 5.92. The smallest absolute Gasteiger partial charge is 0.255 e. The Bertz CT molecular complexity index is 906. The second-order valence-electron chi connectivity index (χ2n) is 6.06. The first-order valence-corrected chi connectivity index (χ1v) is 9.87. The Labute approximate surface area is 152 Å². The minimum atomic E-state index is -3.57. The molecule has 1 N–H and O–H groups in total. The number of hydrogen-bond acceptors (Lipinski definition) is 3. The number of nitrogens with one attached hydrogen (secondary N) is 1. The van der Waals surface area contributed by atoms with Crippen LogP contribution in [0.5, 0.6) is 0 Å². The number of aryl methyl sites for hydroxylation is 1. The number of hydrogen-bond donors (Lipinski definition) is 1. The van der Waals surface area contributed by atoms with Crippen molar-refractivity contribution < 1.29 is 13.2 Å². The molecule has 3 rings (SSSR count). The standard InChI is InChI=1S/C18H19ClN2O3S/c1-13-7-8-14(18(22)20-16-6-4-5-15(19)12-16)11-17(13)25(23,24)21-9-2-3-10-21/h4-8,11-12H,2-3,9-10H2,1H3,(H,20,22). The predicted octanol–water partition coefficient (Wildman–Crippen LogP) is 3.69. The van der Waals surface area contributed by atoms with Gasteiger partial charge in [-0.05, 0) is 55.7 Å². The highest BCUT2D eigenvalue weighted by molar-refractivity contribution is 7.89. The van der Waals surface area contributed by atoms with Gasteiger partial charge in [-0.15, -0.1) is 0 Å². The Kier molecular flexibility index (Phi) is 5.13. The van der Waals surface area contributed by atoms with Crippen molar-refractivity contribution in [3.63, 3.8) is 0 Å². The fourth-order valence-corrected chi connectivity index (χ4v) is 4.81. The largest absolute Gasteiger partial charge is 0.322 e. The third kappa shape index (κ3) is 3.86. The van der Waals surface area contributed by atoms with Crippen molar-refractivity contribution in [2.45, 2.75) is 24.7 Å². The molecule has 1 aliphatic rings. The monoisotopic (exact) mass is 378 g/mol. The molecule has 7 heteroatoms. The molecule has 0 spiro atoms. The molecule has 5 nitrogen and oxygen atoms in total. The number of carbonyl (C=O) groups excluding carboxylic acids is 1. The topological polar surface area (TPSA) is 66.5 Å². The number of amides is 1. The summed E-state index contributed by atoms with van der Waals surface area (Å²) in [5.74, 6) is -0.375. The third-order valence-electron chi connectivity index (χ3n) is 4.22. The zero-order valence-electron chi connectivity index (χ0n) is 13.8. The molecule has 1 aliphatic heterocycles. The van der Waals surface area contributed by atoms with Gasteiger partial charge in [-0.25, -0.2) is 8.42 Å². The molecule has 132 valence electrons. The maximum atomic E-state index is 12.8. The van der Waals surface area contributed by atoms with E-state index in [0.29, 0.717) is 34.9 Å². The molecule has 0 bridgehead atoms. The van der Waals surface area contributed by atoms with Gasteiger partial charge < -0.3 is 5.32 Å². The highest BCUT2D eigenvalue weighted by atomic mass is 35.5. The zero-order valence-corrected chi connectivity index (χ0v) is 15.4. The first kappa shape index (κ1) is 17.9. The lowest BCUT2D eigenvalue weighted by molar-refractivity contribution is 0.102. The highest BCUT2D eigenvalue weighted by Gasteiger charge is 2.29. The van der Waals surface area contributed by atoms with E-state index < -0.39 is 10.0 Å². The molecule has 1 heterocycles. The molecule has 0 unspecified atom stereocenters. The zero-order chi connectivity index (χ0) is 18.0. The van der Waals surface area contributed by atoms with Crippen molar-refractivity contribution in [1.29, 1.82) is 0 Å². The summed E-state index contributed by atoms with van der Waals surface area (Å²) in [6.07, 6.45) is 1.74. The van der Waals surface area contributed by atoms with E-state index in [2.05, 4.69) is 5.32 Å². The summed E-state index contributed by atoms with van der Waals surface area (Å²) in [6, 6.07) is 11.5. The highest BCUT2D eigenvalue weighted by Crippen LogP contribution is 2.25. The summed E-state index contributed by atoms with van der Waals surface area (Å²) in [5.41, 5.74) is 1.48. The van der Waals surface area contributed by atoms with Gasteiger partial charge in [0.2, 0.25) is 10.0 Å². The van der Waals surface area contributed by atoms with E-state index >= 15 is 0 Å². The van der Waals surface area contributed by atoms with Crippen molar-refractivity contribution in [3.8, 4) is 0 Å². The van der Waals surface area contributed by atoms with E-state index in [9.17, 15) is 13.2 Å². The molecule has 2 aromatic carbocycles. The minimum Gasteiger partial charge on any atom is -0.322 e. The van der Waals surface area contributed by atoms with Gasteiger partial charge in [0.25, 0.3) is 5.91 Å². The molecule has 0 radical (unpaired) electrons. The first-order chi connectivity index (χ1) is 11.9. The van der Waals surface area contributed by atoms with Gasteiger partial charge in [0, 0.05) is 29.4 Å². The molecule has 2 aromatic rings. The van der Waals surface area contributed by atoms with Crippen LogP contribution in [0.25, 0.3) is 0 Å².